The highest BCUT2D eigenvalue weighted by atomic mass is 79.9. The van der Waals surface area contributed by atoms with Gasteiger partial charge in [0, 0.05) is 62.9 Å². The van der Waals surface area contributed by atoms with Gasteiger partial charge in [0.1, 0.15) is 39.2 Å². The fourth-order valence-electron chi connectivity index (χ4n) is 18.5. The molecule has 0 aliphatic heterocycles. The second kappa shape index (κ2) is 26.1. The van der Waals surface area contributed by atoms with Crippen LogP contribution in [0.15, 0.2) is 319 Å². The van der Waals surface area contributed by atoms with E-state index in [4.69, 9.17) is 22.9 Å². The van der Waals surface area contributed by atoms with Crippen molar-refractivity contribution in [2.45, 2.75) is 84.5 Å². The van der Waals surface area contributed by atoms with Crippen LogP contribution in [0.4, 0.5) is 0 Å². The molecule has 4 aliphatic carbocycles. The van der Waals surface area contributed by atoms with E-state index in [1.54, 1.807) is 6.07 Å². The van der Waals surface area contributed by atoms with Gasteiger partial charge in [-0.05, 0) is 272 Å². The Labute approximate surface area is 664 Å². The first-order valence-electron chi connectivity index (χ1n) is 37.7. The second-order valence-corrected chi connectivity index (χ2v) is 34.0. The summed E-state index contributed by atoms with van der Waals surface area (Å²) in [7, 11) is 0.679. The van der Waals surface area contributed by atoms with Crippen LogP contribution < -0.4 is 4.65 Å². The van der Waals surface area contributed by atoms with Crippen LogP contribution in [0.1, 0.15) is 107 Å². The van der Waals surface area contributed by atoms with E-state index in [-0.39, 0.29) is 29.1 Å². The molecule has 1 N–H and O–H groups in total. The summed E-state index contributed by atoms with van der Waals surface area (Å²) in [6.45, 7) is 19.0. The van der Waals surface area contributed by atoms with Crippen LogP contribution in [0.5, 0.6) is 5.75 Å². The molecule has 5 nitrogen and oxygen atoms in total. The van der Waals surface area contributed by atoms with Crippen LogP contribution in [-0.4, -0.2) is 12.7 Å². The second-order valence-electron chi connectivity index (χ2n) is 32.1. The first-order valence-corrected chi connectivity index (χ1v) is 39.3. The Morgan fingerprint density at radius 1 is 0.243 bits per heavy atom. The molecule has 15 aromatic carbocycles. The Bertz CT molecular complexity index is 6550. The molecule has 537 valence electrons. The van der Waals surface area contributed by atoms with E-state index >= 15 is 0 Å². The summed E-state index contributed by atoms with van der Waals surface area (Å²) in [4.78, 5) is 0. The maximum Gasteiger partial charge on any atom is 0.569 e. The Morgan fingerprint density at radius 2 is 0.486 bits per heavy atom. The van der Waals surface area contributed by atoms with Crippen LogP contribution in [0.25, 0.3) is 166 Å². The third-order valence-corrected chi connectivity index (χ3v) is 25.4. The van der Waals surface area contributed by atoms with Gasteiger partial charge >= 0.3 is 7.69 Å². The van der Waals surface area contributed by atoms with Crippen molar-refractivity contribution in [2.24, 2.45) is 0 Å². The van der Waals surface area contributed by atoms with Gasteiger partial charge in [-0.25, -0.2) is 0 Å². The summed E-state index contributed by atoms with van der Waals surface area (Å²) >= 11 is 7.31. The molecule has 18 aromatic rings. The minimum atomic E-state index is -0.161. The average Bonchev–Trinajstić information content (AvgIpc) is 1.54. The van der Waals surface area contributed by atoms with Gasteiger partial charge in [0.2, 0.25) is 0 Å². The SMILES string of the molecule is C.CC1(C)c2cc(-c3ccc4oc5ccc(-c6ccccc6)cc5c4c3)ccc2-c2cc3c(cc21)C(C)(C)c1cc(-c2ccc4oc5ccc(-c6ccccc6)cc5c4c2)ccc1-3.CC1(C)c2cc(Br)ccc2-c2cc3c(cc21)C(C)(C)c1cc(Br)ccc1-3.O[B]Oc1ccc2oc3ccc(-c4ccccc4)cc3c2c1. The highest BCUT2D eigenvalue weighted by molar-refractivity contribution is 9.10. The first-order chi connectivity index (χ1) is 53.2. The molecule has 3 aromatic heterocycles. The molecule has 0 atom stereocenters. The topological polar surface area (TPSA) is 68.9 Å². The maximum absolute atomic E-state index is 8.78. The predicted molar refractivity (Wildman–Crippen MR) is 469 cm³/mol. The van der Waals surface area contributed by atoms with Crippen molar-refractivity contribution in [1.29, 1.82) is 0 Å². The van der Waals surface area contributed by atoms with E-state index in [0.717, 1.165) is 85.9 Å². The lowest BCUT2D eigenvalue weighted by molar-refractivity contribution is 0.454. The van der Waals surface area contributed by atoms with Gasteiger partial charge in [-0.3, -0.25) is 0 Å². The minimum absolute atomic E-state index is 0. The van der Waals surface area contributed by atoms with Crippen molar-refractivity contribution in [3.05, 3.63) is 351 Å². The molecule has 111 heavy (non-hydrogen) atoms. The summed E-state index contributed by atoms with van der Waals surface area (Å²) < 4.78 is 25.9. The van der Waals surface area contributed by atoms with Crippen molar-refractivity contribution in [1.82, 2.24) is 0 Å². The largest absolute Gasteiger partial charge is 0.569 e. The van der Waals surface area contributed by atoms with Gasteiger partial charge in [0.25, 0.3) is 0 Å². The normalized spacial score (nSPS) is 14.3. The van der Waals surface area contributed by atoms with E-state index < -0.39 is 0 Å². The molecule has 0 unspecified atom stereocenters. The third kappa shape index (κ3) is 11.2. The molecule has 3 heterocycles. The third-order valence-electron chi connectivity index (χ3n) is 24.4. The summed E-state index contributed by atoms with van der Waals surface area (Å²) in [5.41, 5.74) is 39.1. The fourth-order valence-corrected chi connectivity index (χ4v) is 19.2. The number of rotatable bonds is 7. The van der Waals surface area contributed by atoms with Crippen LogP contribution in [0.2, 0.25) is 0 Å². The smallest absolute Gasteiger partial charge is 0.537 e. The van der Waals surface area contributed by atoms with E-state index in [0.29, 0.717) is 13.4 Å². The molecule has 22 rings (SSSR count). The molecule has 0 fully saturated rings. The summed E-state index contributed by atoms with van der Waals surface area (Å²) in [6.07, 6.45) is 0. The average molecular weight is 1570 g/mol. The number of halogens is 2. The Morgan fingerprint density at radius 3 is 0.793 bits per heavy atom. The summed E-state index contributed by atoms with van der Waals surface area (Å²) in [5, 5.41) is 15.4. The van der Waals surface area contributed by atoms with Crippen molar-refractivity contribution < 1.29 is 22.9 Å². The summed E-state index contributed by atoms with van der Waals surface area (Å²) in [6, 6.07) is 107. The predicted octanol–water partition coefficient (Wildman–Crippen LogP) is 29.4. The van der Waals surface area contributed by atoms with Gasteiger partial charge in [-0.15, -0.1) is 0 Å². The van der Waals surface area contributed by atoms with E-state index in [1.165, 1.54) is 134 Å². The van der Waals surface area contributed by atoms with Crippen LogP contribution in [0.3, 0.4) is 0 Å². The minimum Gasteiger partial charge on any atom is -0.537 e. The molecule has 0 bridgehead atoms. The van der Waals surface area contributed by atoms with Crippen LogP contribution >= 0.6 is 31.9 Å². The molecule has 8 heteroatoms. The molecule has 0 saturated carbocycles. The lowest BCUT2D eigenvalue weighted by atomic mass is 9.77. The van der Waals surface area contributed by atoms with Gasteiger partial charge in [0.05, 0.1) is 0 Å². The zero-order chi connectivity index (χ0) is 74.9. The highest BCUT2D eigenvalue weighted by Gasteiger charge is 2.44. The van der Waals surface area contributed by atoms with E-state index in [1.807, 2.05) is 36.4 Å². The molecule has 4 aliphatic rings. The Hall–Kier alpha value is -11.5. The van der Waals surface area contributed by atoms with Crippen LogP contribution in [0, 0.1) is 0 Å². The number of hydrogen-bond acceptors (Lipinski definition) is 5. The quantitative estimate of drug-likeness (QED) is 0.161. The lowest BCUT2D eigenvalue weighted by Gasteiger charge is -2.26. The number of benzene rings is 15. The Kier molecular flexibility index (Phi) is 16.4. The fraction of sp³-hybridized carbons (Fsp3) is 0.126. The summed E-state index contributed by atoms with van der Waals surface area (Å²) in [5.74, 6) is 0.572. The van der Waals surface area contributed by atoms with Crippen molar-refractivity contribution in [2.75, 3.05) is 0 Å². The van der Waals surface area contributed by atoms with Crippen molar-refractivity contribution in [3.63, 3.8) is 0 Å². The molecular formula is C103H78BBr2O5. The van der Waals surface area contributed by atoms with Crippen molar-refractivity contribution >= 4 is 105 Å². The van der Waals surface area contributed by atoms with E-state index in [2.05, 4.69) is 342 Å². The highest BCUT2D eigenvalue weighted by Crippen LogP contribution is 2.59. The zero-order valence-corrected chi connectivity index (χ0v) is 65.4. The van der Waals surface area contributed by atoms with Gasteiger partial charge in [-0.1, -0.05) is 265 Å². The molecular weight excluding hydrogens is 1490 g/mol. The number of fused-ring (bicyclic) bond motifs is 21. The van der Waals surface area contributed by atoms with Crippen LogP contribution in [-0.2, 0) is 21.7 Å². The van der Waals surface area contributed by atoms with E-state index in [9.17, 15) is 0 Å². The molecule has 0 saturated heterocycles. The molecule has 0 amide bonds. The van der Waals surface area contributed by atoms with Gasteiger partial charge in [0.15, 0.2) is 0 Å². The number of hydrogen-bond donors (Lipinski definition) is 1. The lowest BCUT2D eigenvalue weighted by Crippen LogP contribution is -2.19. The zero-order valence-electron chi connectivity index (χ0n) is 62.2. The number of furan rings is 3. The maximum atomic E-state index is 8.78. The Balaban J connectivity index is 0.000000138. The van der Waals surface area contributed by atoms with Gasteiger partial charge < -0.3 is 22.9 Å². The molecule has 1 radical (unpaired) electrons. The van der Waals surface area contributed by atoms with Gasteiger partial charge in [-0.2, -0.15) is 0 Å². The first kappa shape index (κ1) is 69.9. The standard InChI is InChI=1S/C60H42O2.C24H20Br2.C18H12BO3.CH4/c1-59(2)51-31-41(39-19-25-57-49(29-39)47-27-37(17-23-55(47)61-57)35-11-7-5-8-12-35)15-21-43(51)45-33-46-44-22-16-42(32-52(44)60(3,4)54(46)34-53(45)59)40-20-26-58-50(30-40)48-28-38(18-24-56(48)62-58)36-13-9-6-10-14-36;1-23(2)19-9-13(25)5-7-15(19)17-11-18-16-8-6-14(26)10-20(16)24(3,4)22(18)12-21(17)23;20-19-22-14-7-9-18-16(11-14)15-10-13(6-8-17(15)21-18)12-4-2-1-3-5-12;/h5-34H,1-4H3;5-12H,1-4H3;1-11,20H;1H4. The molecule has 0 spiro atoms. The van der Waals surface area contributed by atoms with Crippen molar-refractivity contribution in [3.8, 4) is 106 Å². The monoisotopic (exact) mass is 1560 g/mol.